The molecule has 1 aromatic rings. The highest BCUT2D eigenvalue weighted by Gasteiger charge is 2.11. The summed E-state index contributed by atoms with van der Waals surface area (Å²) in [4.78, 5) is 7.05. The third-order valence-electron chi connectivity index (χ3n) is 3.57. The van der Waals surface area contributed by atoms with E-state index in [-0.39, 0.29) is 0 Å². The van der Waals surface area contributed by atoms with Gasteiger partial charge in [-0.25, -0.2) is 4.98 Å². The number of unbranched alkanes of at least 4 members (excludes halogenated alkanes) is 1. The highest BCUT2D eigenvalue weighted by atomic mass is 15.2. The Balaban J connectivity index is 2.28. The summed E-state index contributed by atoms with van der Waals surface area (Å²) in [6.07, 6.45) is 2.42. The van der Waals surface area contributed by atoms with E-state index in [1.807, 2.05) is 6.92 Å². The van der Waals surface area contributed by atoms with Crippen molar-refractivity contribution in [3.05, 3.63) is 23.4 Å². The van der Waals surface area contributed by atoms with E-state index in [0.29, 0.717) is 12.1 Å². The first-order chi connectivity index (χ1) is 9.40. The van der Waals surface area contributed by atoms with E-state index in [0.717, 1.165) is 18.1 Å². The summed E-state index contributed by atoms with van der Waals surface area (Å²) in [5.41, 5.74) is 2.35. The van der Waals surface area contributed by atoms with Crippen molar-refractivity contribution in [1.29, 1.82) is 0 Å². The Hall–Kier alpha value is -1.09. The molecular formula is C17H31N3. The van der Waals surface area contributed by atoms with Crippen LogP contribution >= 0.6 is 0 Å². The molecule has 1 rings (SSSR count). The van der Waals surface area contributed by atoms with Crippen molar-refractivity contribution in [3.8, 4) is 0 Å². The van der Waals surface area contributed by atoms with Crippen molar-refractivity contribution in [3.63, 3.8) is 0 Å². The fraction of sp³-hybridized carbons (Fsp3) is 0.706. The van der Waals surface area contributed by atoms with Gasteiger partial charge in [0.25, 0.3) is 0 Å². The van der Waals surface area contributed by atoms with Gasteiger partial charge < -0.3 is 5.32 Å². The topological polar surface area (TPSA) is 28.2 Å². The van der Waals surface area contributed by atoms with Gasteiger partial charge in [0.15, 0.2) is 0 Å². The van der Waals surface area contributed by atoms with Crippen molar-refractivity contribution in [2.24, 2.45) is 0 Å². The Kier molecular flexibility index (Phi) is 7.00. The molecule has 3 nitrogen and oxygen atoms in total. The predicted molar refractivity (Wildman–Crippen MR) is 88.4 cm³/mol. The third kappa shape index (κ3) is 5.91. The molecule has 0 bridgehead atoms. The lowest BCUT2D eigenvalue weighted by molar-refractivity contribution is 0.172. The first kappa shape index (κ1) is 17.0. The van der Waals surface area contributed by atoms with E-state index >= 15 is 0 Å². The Morgan fingerprint density at radius 1 is 1.05 bits per heavy atom. The van der Waals surface area contributed by atoms with Gasteiger partial charge in [-0.05, 0) is 78.6 Å². The van der Waals surface area contributed by atoms with Crippen LogP contribution in [0.15, 0.2) is 12.1 Å². The van der Waals surface area contributed by atoms with Crippen LogP contribution in [0.25, 0.3) is 0 Å². The largest absolute Gasteiger partial charge is 0.370 e. The smallest absolute Gasteiger partial charge is 0.126 e. The Morgan fingerprint density at radius 3 is 2.25 bits per heavy atom. The zero-order valence-electron chi connectivity index (χ0n) is 14.0. The lowest BCUT2D eigenvalue weighted by Gasteiger charge is -2.30. The molecule has 0 spiro atoms. The minimum Gasteiger partial charge on any atom is -0.370 e. The number of pyridine rings is 1. The standard InChI is InChI=1S/C17H31N3/c1-13(2)20(14(3)4)10-8-7-9-18-17-12-15(5)11-16(6)19-17/h11-14H,7-10H2,1-6H3,(H,18,19). The molecule has 0 aliphatic carbocycles. The Labute approximate surface area is 124 Å². The van der Waals surface area contributed by atoms with E-state index in [1.165, 1.54) is 24.9 Å². The third-order valence-corrected chi connectivity index (χ3v) is 3.57. The second kappa shape index (κ2) is 8.25. The molecule has 0 saturated heterocycles. The molecule has 114 valence electrons. The molecule has 0 amide bonds. The van der Waals surface area contributed by atoms with Crippen LogP contribution < -0.4 is 5.32 Å². The summed E-state index contributed by atoms with van der Waals surface area (Å²) < 4.78 is 0. The van der Waals surface area contributed by atoms with Crippen molar-refractivity contribution >= 4 is 5.82 Å². The van der Waals surface area contributed by atoms with E-state index in [2.05, 4.69) is 62.0 Å². The molecule has 0 unspecified atom stereocenters. The molecule has 20 heavy (non-hydrogen) atoms. The molecule has 0 aliphatic heterocycles. The molecule has 0 aliphatic rings. The summed E-state index contributed by atoms with van der Waals surface area (Å²) in [6, 6.07) is 5.48. The van der Waals surface area contributed by atoms with Gasteiger partial charge in [0.05, 0.1) is 0 Å². The van der Waals surface area contributed by atoms with Gasteiger partial charge in [0.1, 0.15) is 5.82 Å². The van der Waals surface area contributed by atoms with Gasteiger partial charge in [-0.3, -0.25) is 4.90 Å². The zero-order chi connectivity index (χ0) is 15.1. The minimum atomic E-state index is 0.629. The van der Waals surface area contributed by atoms with Gasteiger partial charge in [0, 0.05) is 24.3 Å². The second-order valence-electron chi connectivity index (χ2n) is 6.23. The number of hydrogen-bond acceptors (Lipinski definition) is 3. The highest BCUT2D eigenvalue weighted by Crippen LogP contribution is 2.10. The molecule has 1 N–H and O–H groups in total. The van der Waals surface area contributed by atoms with Crippen molar-refractivity contribution in [2.45, 2.75) is 66.5 Å². The van der Waals surface area contributed by atoms with Gasteiger partial charge in [-0.2, -0.15) is 0 Å². The number of nitrogens with zero attached hydrogens (tertiary/aromatic N) is 2. The lowest BCUT2D eigenvalue weighted by atomic mass is 10.2. The van der Waals surface area contributed by atoms with Crippen LogP contribution in [0, 0.1) is 13.8 Å². The summed E-state index contributed by atoms with van der Waals surface area (Å²) in [5, 5.41) is 3.43. The molecule has 0 atom stereocenters. The minimum absolute atomic E-state index is 0.629. The number of nitrogens with one attached hydrogen (secondary N) is 1. The normalized spacial score (nSPS) is 11.7. The van der Waals surface area contributed by atoms with Crippen molar-refractivity contribution in [2.75, 3.05) is 18.4 Å². The molecule has 3 heteroatoms. The molecule has 1 heterocycles. The predicted octanol–water partition coefficient (Wildman–Crippen LogP) is 4.01. The fourth-order valence-corrected chi connectivity index (χ4v) is 2.68. The van der Waals surface area contributed by atoms with Gasteiger partial charge >= 0.3 is 0 Å². The summed E-state index contributed by atoms with van der Waals surface area (Å²) >= 11 is 0. The van der Waals surface area contributed by atoms with Gasteiger partial charge in [-0.15, -0.1) is 0 Å². The van der Waals surface area contributed by atoms with E-state index in [9.17, 15) is 0 Å². The molecule has 0 saturated carbocycles. The Morgan fingerprint density at radius 2 is 1.70 bits per heavy atom. The maximum absolute atomic E-state index is 4.50. The summed E-state index contributed by atoms with van der Waals surface area (Å²) in [5.74, 6) is 1.01. The SMILES string of the molecule is Cc1cc(C)nc(NCCCCN(C(C)C)C(C)C)c1. The maximum atomic E-state index is 4.50. The molecule has 0 radical (unpaired) electrons. The lowest BCUT2D eigenvalue weighted by Crippen LogP contribution is -2.37. The maximum Gasteiger partial charge on any atom is 0.126 e. The van der Waals surface area contributed by atoms with E-state index in [1.54, 1.807) is 0 Å². The van der Waals surface area contributed by atoms with E-state index < -0.39 is 0 Å². The van der Waals surface area contributed by atoms with Crippen LogP contribution in [-0.4, -0.2) is 35.1 Å². The summed E-state index contributed by atoms with van der Waals surface area (Å²) in [7, 11) is 0. The van der Waals surface area contributed by atoms with Crippen LogP contribution in [0.3, 0.4) is 0 Å². The first-order valence-corrected chi connectivity index (χ1v) is 7.85. The number of hydrogen-bond donors (Lipinski definition) is 1. The molecule has 0 aromatic carbocycles. The monoisotopic (exact) mass is 277 g/mol. The zero-order valence-corrected chi connectivity index (χ0v) is 14.0. The van der Waals surface area contributed by atoms with Crippen LogP contribution in [0.2, 0.25) is 0 Å². The van der Waals surface area contributed by atoms with Crippen LogP contribution in [-0.2, 0) is 0 Å². The van der Waals surface area contributed by atoms with E-state index in [4.69, 9.17) is 0 Å². The molecule has 0 fully saturated rings. The average molecular weight is 277 g/mol. The highest BCUT2D eigenvalue weighted by molar-refractivity contribution is 5.38. The Bertz CT molecular complexity index is 371. The second-order valence-corrected chi connectivity index (χ2v) is 6.23. The summed E-state index contributed by atoms with van der Waals surface area (Å²) in [6.45, 7) is 15.4. The number of aromatic nitrogens is 1. The van der Waals surface area contributed by atoms with Crippen LogP contribution in [0.1, 0.15) is 51.8 Å². The quantitative estimate of drug-likeness (QED) is 0.728. The van der Waals surface area contributed by atoms with Crippen molar-refractivity contribution in [1.82, 2.24) is 9.88 Å². The number of aryl methyl sites for hydroxylation is 2. The molecule has 1 aromatic heterocycles. The fourth-order valence-electron chi connectivity index (χ4n) is 2.68. The van der Waals surface area contributed by atoms with Crippen LogP contribution in [0.4, 0.5) is 5.82 Å². The van der Waals surface area contributed by atoms with Gasteiger partial charge in [-0.1, -0.05) is 0 Å². The molecular weight excluding hydrogens is 246 g/mol. The van der Waals surface area contributed by atoms with Gasteiger partial charge in [0.2, 0.25) is 0 Å². The van der Waals surface area contributed by atoms with Crippen LogP contribution in [0.5, 0.6) is 0 Å². The van der Waals surface area contributed by atoms with Crippen molar-refractivity contribution < 1.29 is 0 Å². The number of anilines is 1. The first-order valence-electron chi connectivity index (χ1n) is 7.85. The average Bonchev–Trinajstić information content (AvgIpc) is 2.31. The number of rotatable bonds is 8.